The monoisotopic (exact) mass is 188 g/mol. The molecule has 0 aromatic carbocycles. The van der Waals surface area contributed by atoms with Crippen molar-refractivity contribution < 1.29 is 9.53 Å². The quantitative estimate of drug-likeness (QED) is 0.622. The second kappa shape index (κ2) is 3.58. The van der Waals surface area contributed by atoms with Gasteiger partial charge in [0.2, 0.25) is 0 Å². The van der Waals surface area contributed by atoms with E-state index < -0.39 is 0 Å². The Bertz CT molecular complexity index is 223. The van der Waals surface area contributed by atoms with Gasteiger partial charge in [-0.1, -0.05) is 11.6 Å². The van der Waals surface area contributed by atoms with Gasteiger partial charge in [-0.3, -0.25) is 4.79 Å². The third-order valence-corrected chi connectivity index (χ3v) is 2.85. The van der Waals surface area contributed by atoms with Crippen LogP contribution in [0.3, 0.4) is 0 Å². The van der Waals surface area contributed by atoms with Crippen molar-refractivity contribution >= 4 is 17.9 Å². The summed E-state index contributed by atoms with van der Waals surface area (Å²) in [5, 5.41) is 0.694. The lowest BCUT2D eigenvalue weighted by atomic mass is 9.86. The van der Waals surface area contributed by atoms with E-state index in [9.17, 15) is 4.79 Å². The van der Waals surface area contributed by atoms with Gasteiger partial charge >= 0.3 is 0 Å². The molecule has 0 saturated heterocycles. The number of rotatable bonds is 2. The summed E-state index contributed by atoms with van der Waals surface area (Å²) in [4.78, 5) is 10.6. The summed E-state index contributed by atoms with van der Waals surface area (Å²) < 4.78 is 5.31. The highest BCUT2D eigenvalue weighted by atomic mass is 35.5. The first-order valence-corrected chi connectivity index (χ1v) is 4.37. The van der Waals surface area contributed by atoms with Crippen LogP contribution in [0.2, 0.25) is 0 Å². The molecule has 0 spiro atoms. The summed E-state index contributed by atoms with van der Waals surface area (Å²) in [6, 6.07) is 0. The lowest BCUT2D eigenvalue weighted by molar-refractivity contribution is -0.106. The van der Waals surface area contributed by atoms with Crippen LogP contribution in [0.1, 0.15) is 26.2 Å². The fourth-order valence-electron chi connectivity index (χ4n) is 1.40. The summed E-state index contributed by atoms with van der Waals surface area (Å²) in [5.74, 6) is 0. The van der Waals surface area contributed by atoms with Crippen molar-refractivity contribution in [2.45, 2.75) is 31.8 Å². The summed E-state index contributed by atoms with van der Waals surface area (Å²) in [7, 11) is 1.67. The van der Waals surface area contributed by atoms with Crippen molar-refractivity contribution in [1.29, 1.82) is 0 Å². The second-order valence-corrected chi connectivity index (χ2v) is 3.84. The molecular weight excluding hydrogens is 176 g/mol. The molecule has 0 fully saturated rings. The standard InChI is InChI=1S/C9H13ClO2/c1-9(12-2)4-3-8(10)7(5-9)6-11/h6H,3-5H2,1-2H3/t9-/m0/s1. The largest absolute Gasteiger partial charge is 0.378 e. The number of carbonyl (C=O) groups is 1. The molecule has 2 nitrogen and oxygen atoms in total. The predicted molar refractivity (Wildman–Crippen MR) is 48.2 cm³/mol. The minimum Gasteiger partial charge on any atom is -0.378 e. The molecule has 0 saturated carbocycles. The zero-order valence-corrected chi connectivity index (χ0v) is 8.15. The van der Waals surface area contributed by atoms with Crippen molar-refractivity contribution in [1.82, 2.24) is 0 Å². The molecule has 0 N–H and O–H groups in total. The van der Waals surface area contributed by atoms with Crippen molar-refractivity contribution in [3.8, 4) is 0 Å². The van der Waals surface area contributed by atoms with Crippen molar-refractivity contribution in [2.24, 2.45) is 0 Å². The topological polar surface area (TPSA) is 26.3 Å². The Labute approximate surface area is 77.5 Å². The number of halogens is 1. The Morgan fingerprint density at radius 1 is 1.67 bits per heavy atom. The first-order chi connectivity index (χ1) is 5.61. The zero-order chi connectivity index (χ0) is 9.19. The van der Waals surface area contributed by atoms with E-state index in [1.54, 1.807) is 7.11 Å². The fraction of sp³-hybridized carbons (Fsp3) is 0.667. The zero-order valence-electron chi connectivity index (χ0n) is 7.39. The molecule has 1 rings (SSSR count). The molecule has 0 aliphatic heterocycles. The molecule has 0 heterocycles. The van der Waals surface area contributed by atoms with E-state index in [4.69, 9.17) is 16.3 Å². The summed E-state index contributed by atoms with van der Waals surface area (Å²) in [5.41, 5.74) is 0.488. The maximum absolute atomic E-state index is 10.6. The van der Waals surface area contributed by atoms with E-state index >= 15 is 0 Å². The van der Waals surface area contributed by atoms with E-state index in [2.05, 4.69) is 0 Å². The number of aldehydes is 1. The third-order valence-electron chi connectivity index (χ3n) is 2.42. The van der Waals surface area contributed by atoms with Crippen LogP contribution < -0.4 is 0 Å². The van der Waals surface area contributed by atoms with E-state index in [-0.39, 0.29) is 5.60 Å². The number of methoxy groups -OCH3 is 1. The van der Waals surface area contributed by atoms with Gasteiger partial charge in [-0.05, 0) is 19.8 Å². The minimum atomic E-state index is -0.200. The number of carbonyl (C=O) groups excluding carboxylic acids is 1. The molecular formula is C9H13ClO2. The molecule has 0 bridgehead atoms. The molecule has 0 aromatic rings. The van der Waals surface area contributed by atoms with E-state index in [1.165, 1.54) is 0 Å². The van der Waals surface area contributed by atoms with Crippen LogP contribution >= 0.6 is 11.6 Å². The second-order valence-electron chi connectivity index (χ2n) is 3.38. The van der Waals surface area contributed by atoms with Gasteiger partial charge in [0.25, 0.3) is 0 Å². The van der Waals surface area contributed by atoms with Crippen LogP contribution in [0, 0.1) is 0 Å². The van der Waals surface area contributed by atoms with Gasteiger partial charge in [-0.15, -0.1) is 0 Å². The molecule has 1 aliphatic carbocycles. The molecule has 3 heteroatoms. The Hall–Kier alpha value is -0.340. The highest BCUT2D eigenvalue weighted by Gasteiger charge is 2.30. The third kappa shape index (κ3) is 1.87. The van der Waals surface area contributed by atoms with Gasteiger partial charge in [0.1, 0.15) is 6.29 Å². The van der Waals surface area contributed by atoms with Crippen LogP contribution in [-0.4, -0.2) is 19.0 Å². The van der Waals surface area contributed by atoms with Crippen LogP contribution in [-0.2, 0) is 9.53 Å². The number of allylic oxidation sites excluding steroid dienone is 1. The maximum Gasteiger partial charge on any atom is 0.147 e. The molecule has 0 radical (unpaired) electrons. The van der Waals surface area contributed by atoms with Gasteiger partial charge < -0.3 is 4.74 Å². The Morgan fingerprint density at radius 3 is 2.83 bits per heavy atom. The molecule has 1 aliphatic rings. The highest BCUT2D eigenvalue weighted by Crippen LogP contribution is 2.35. The predicted octanol–water partition coefficient (Wildman–Crippen LogP) is 2.27. The molecule has 1 atom stereocenters. The van der Waals surface area contributed by atoms with E-state index in [0.717, 1.165) is 19.1 Å². The number of hydrogen-bond acceptors (Lipinski definition) is 2. The van der Waals surface area contributed by atoms with E-state index in [1.807, 2.05) is 6.92 Å². The number of ether oxygens (including phenoxy) is 1. The smallest absolute Gasteiger partial charge is 0.147 e. The lowest BCUT2D eigenvalue weighted by Gasteiger charge is -2.32. The first-order valence-electron chi connectivity index (χ1n) is 3.99. The minimum absolute atomic E-state index is 0.200. The molecule has 0 aromatic heterocycles. The summed E-state index contributed by atoms with van der Waals surface area (Å²) >= 11 is 5.86. The molecule has 0 unspecified atom stereocenters. The average Bonchev–Trinajstić information content (AvgIpc) is 2.10. The van der Waals surface area contributed by atoms with Gasteiger partial charge in [0.15, 0.2) is 0 Å². The molecule has 12 heavy (non-hydrogen) atoms. The summed E-state index contributed by atoms with van der Waals surface area (Å²) in [6.45, 7) is 2.00. The van der Waals surface area contributed by atoms with E-state index in [0.29, 0.717) is 17.0 Å². The average molecular weight is 189 g/mol. The maximum atomic E-state index is 10.6. The van der Waals surface area contributed by atoms with Crippen LogP contribution in [0.15, 0.2) is 10.6 Å². The van der Waals surface area contributed by atoms with Crippen LogP contribution in [0.4, 0.5) is 0 Å². The SMILES string of the molecule is CO[C@@]1(C)CCC(Cl)=C(C=O)C1. The lowest BCUT2D eigenvalue weighted by Crippen LogP contribution is -2.31. The molecule has 0 amide bonds. The van der Waals surface area contributed by atoms with Gasteiger partial charge in [-0.2, -0.15) is 0 Å². The Morgan fingerprint density at radius 2 is 2.33 bits per heavy atom. The molecule has 68 valence electrons. The Balaban J connectivity index is 2.80. The first kappa shape index (κ1) is 9.75. The fourth-order valence-corrected chi connectivity index (χ4v) is 1.61. The van der Waals surface area contributed by atoms with Crippen molar-refractivity contribution in [3.05, 3.63) is 10.6 Å². The van der Waals surface area contributed by atoms with Gasteiger partial charge in [0, 0.05) is 24.1 Å². The number of hydrogen-bond donors (Lipinski definition) is 0. The van der Waals surface area contributed by atoms with Crippen molar-refractivity contribution in [2.75, 3.05) is 7.11 Å². The van der Waals surface area contributed by atoms with Gasteiger partial charge in [0.05, 0.1) is 5.60 Å². The van der Waals surface area contributed by atoms with Crippen molar-refractivity contribution in [3.63, 3.8) is 0 Å². The normalized spacial score (nSPS) is 30.6. The highest BCUT2D eigenvalue weighted by molar-refractivity contribution is 6.31. The van der Waals surface area contributed by atoms with Crippen LogP contribution in [0.25, 0.3) is 0 Å². The van der Waals surface area contributed by atoms with Gasteiger partial charge in [-0.25, -0.2) is 0 Å². The Kier molecular flexibility index (Phi) is 2.91. The van der Waals surface area contributed by atoms with Crippen LogP contribution in [0.5, 0.6) is 0 Å². The summed E-state index contributed by atoms with van der Waals surface area (Å²) in [6.07, 6.45) is 3.10.